The van der Waals surface area contributed by atoms with E-state index in [9.17, 15) is 4.79 Å². The third-order valence-corrected chi connectivity index (χ3v) is 3.55. The zero-order valence-corrected chi connectivity index (χ0v) is 11.4. The molecule has 0 radical (unpaired) electrons. The lowest BCUT2D eigenvalue weighted by Crippen LogP contribution is -1.98. The van der Waals surface area contributed by atoms with Gasteiger partial charge in [0.15, 0.2) is 0 Å². The topological polar surface area (TPSA) is 76.0 Å². The van der Waals surface area contributed by atoms with Crippen LogP contribution < -0.4 is 0 Å². The number of aromatic carboxylic acids is 1. The predicted octanol–water partition coefficient (Wildman–Crippen LogP) is 2.48. The molecule has 0 aliphatic rings. The van der Waals surface area contributed by atoms with Gasteiger partial charge in [-0.05, 0) is 31.5 Å². The second-order valence-electron chi connectivity index (χ2n) is 4.06. The molecular weight excluding hydrogens is 262 g/mol. The number of hydrogen-bond donors (Lipinski definition) is 1. The van der Waals surface area contributed by atoms with Crippen LogP contribution in [0.15, 0.2) is 29.4 Å². The van der Waals surface area contributed by atoms with Crippen LogP contribution in [0.4, 0.5) is 0 Å². The van der Waals surface area contributed by atoms with Crippen LogP contribution >= 0.6 is 11.8 Å². The van der Waals surface area contributed by atoms with Crippen molar-refractivity contribution in [3.8, 4) is 0 Å². The van der Waals surface area contributed by atoms with Crippen molar-refractivity contribution in [3.63, 3.8) is 0 Å². The lowest BCUT2D eigenvalue weighted by atomic mass is 10.1. The number of aromatic nitrogens is 3. The molecule has 0 unspecified atom stereocenters. The van der Waals surface area contributed by atoms with E-state index in [1.165, 1.54) is 11.8 Å². The number of benzene rings is 1. The van der Waals surface area contributed by atoms with Gasteiger partial charge in [0, 0.05) is 5.75 Å². The first-order chi connectivity index (χ1) is 9.06. The molecule has 0 amide bonds. The number of carboxylic acid groups (broad SMARTS) is 1. The maximum atomic E-state index is 10.7. The summed E-state index contributed by atoms with van der Waals surface area (Å²) in [7, 11) is 0. The fraction of sp³-hybridized carbons (Fsp3) is 0.231. The van der Waals surface area contributed by atoms with Gasteiger partial charge in [-0.25, -0.2) is 9.78 Å². The fourth-order valence-electron chi connectivity index (χ4n) is 1.39. The van der Waals surface area contributed by atoms with Crippen LogP contribution in [0.2, 0.25) is 0 Å². The first kappa shape index (κ1) is 13.5. The van der Waals surface area contributed by atoms with Crippen LogP contribution in [0.25, 0.3) is 0 Å². The zero-order chi connectivity index (χ0) is 13.8. The Hall–Kier alpha value is -1.95. The Balaban J connectivity index is 2.01. The smallest absolute Gasteiger partial charge is 0.335 e. The molecule has 0 spiro atoms. The Morgan fingerprint density at radius 2 is 1.84 bits per heavy atom. The monoisotopic (exact) mass is 275 g/mol. The summed E-state index contributed by atoms with van der Waals surface area (Å²) in [5.41, 5.74) is 3.02. The van der Waals surface area contributed by atoms with E-state index in [1.54, 1.807) is 24.3 Å². The number of thioether (sulfide) groups is 1. The lowest BCUT2D eigenvalue weighted by Gasteiger charge is -2.03. The number of carboxylic acids is 1. The highest BCUT2D eigenvalue weighted by molar-refractivity contribution is 7.98. The minimum absolute atomic E-state index is 0.290. The summed E-state index contributed by atoms with van der Waals surface area (Å²) in [5, 5.41) is 17.5. The Labute approximate surface area is 115 Å². The average Bonchev–Trinajstić information content (AvgIpc) is 2.40. The van der Waals surface area contributed by atoms with Crippen molar-refractivity contribution in [3.05, 3.63) is 46.8 Å². The highest BCUT2D eigenvalue weighted by atomic mass is 32.2. The first-order valence-corrected chi connectivity index (χ1v) is 6.68. The van der Waals surface area contributed by atoms with Gasteiger partial charge in [0.2, 0.25) is 5.16 Å². The van der Waals surface area contributed by atoms with E-state index in [4.69, 9.17) is 5.11 Å². The van der Waals surface area contributed by atoms with Gasteiger partial charge >= 0.3 is 5.97 Å². The van der Waals surface area contributed by atoms with E-state index in [0.29, 0.717) is 10.9 Å². The number of carbonyl (C=O) groups is 1. The number of aryl methyl sites for hydroxylation is 2. The van der Waals surface area contributed by atoms with Crippen LogP contribution in [0.5, 0.6) is 0 Å². The Morgan fingerprint density at radius 1 is 1.16 bits per heavy atom. The SMILES string of the molecule is Cc1nnc(SCc2ccc(C(=O)O)cc2)nc1C. The third-order valence-electron chi connectivity index (χ3n) is 2.64. The van der Waals surface area contributed by atoms with Gasteiger partial charge in [-0.2, -0.15) is 5.10 Å². The van der Waals surface area contributed by atoms with Gasteiger partial charge in [-0.1, -0.05) is 23.9 Å². The minimum atomic E-state index is -0.916. The summed E-state index contributed by atoms with van der Waals surface area (Å²) >= 11 is 1.48. The highest BCUT2D eigenvalue weighted by Gasteiger charge is 2.05. The maximum absolute atomic E-state index is 10.7. The molecule has 1 N–H and O–H groups in total. The third kappa shape index (κ3) is 3.51. The van der Waals surface area contributed by atoms with E-state index in [2.05, 4.69) is 15.2 Å². The second-order valence-corrected chi connectivity index (χ2v) is 5.00. The summed E-state index contributed by atoms with van der Waals surface area (Å²) in [6.45, 7) is 3.77. The van der Waals surface area contributed by atoms with Crippen molar-refractivity contribution in [2.24, 2.45) is 0 Å². The van der Waals surface area contributed by atoms with Crippen molar-refractivity contribution < 1.29 is 9.90 Å². The van der Waals surface area contributed by atoms with Crippen LogP contribution in [-0.2, 0) is 5.75 Å². The fourth-order valence-corrected chi connectivity index (χ4v) is 2.18. The number of nitrogens with zero attached hydrogens (tertiary/aromatic N) is 3. The lowest BCUT2D eigenvalue weighted by molar-refractivity contribution is 0.0697. The molecule has 0 saturated carbocycles. The molecule has 19 heavy (non-hydrogen) atoms. The van der Waals surface area contributed by atoms with Gasteiger partial charge < -0.3 is 5.11 Å². The van der Waals surface area contributed by atoms with Crippen LogP contribution in [0.3, 0.4) is 0 Å². The van der Waals surface area contributed by atoms with Crippen molar-refractivity contribution in [2.45, 2.75) is 24.8 Å². The largest absolute Gasteiger partial charge is 0.478 e. The van der Waals surface area contributed by atoms with Crippen molar-refractivity contribution in [1.82, 2.24) is 15.2 Å². The molecule has 0 aliphatic carbocycles. The summed E-state index contributed by atoms with van der Waals surface area (Å²) in [5.74, 6) is -0.231. The van der Waals surface area contributed by atoms with Gasteiger partial charge in [-0.15, -0.1) is 5.10 Å². The molecule has 98 valence electrons. The summed E-state index contributed by atoms with van der Waals surface area (Å²) in [6.07, 6.45) is 0. The molecule has 1 aromatic carbocycles. The highest BCUT2D eigenvalue weighted by Crippen LogP contribution is 2.19. The number of rotatable bonds is 4. The quantitative estimate of drug-likeness (QED) is 0.864. The van der Waals surface area contributed by atoms with Gasteiger partial charge in [0.25, 0.3) is 0 Å². The van der Waals surface area contributed by atoms with Gasteiger partial charge in [-0.3, -0.25) is 0 Å². The zero-order valence-electron chi connectivity index (χ0n) is 10.6. The summed E-state index contributed by atoms with van der Waals surface area (Å²) in [6, 6.07) is 6.78. The Bertz CT molecular complexity index is 599. The molecule has 6 heteroatoms. The van der Waals surface area contributed by atoms with Gasteiger partial charge in [0.05, 0.1) is 17.0 Å². The van der Waals surface area contributed by atoms with Crippen molar-refractivity contribution >= 4 is 17.7 Å². The first-order valence-electron chi connectivity index (χ1n) is 5.69. The van der Waals surface area contributed by atoms with Crippen molar-refractivity contribution in [2.75, 3.05) is 0 Å². The second kappa shape index (κ2) is 5.79. The van der Waals surface area contributed by atoms with Crippen molar-refractivity contribution in [1.29, 1.82) is 0 Å². The molecule has 1 heterocycles. The van der Waals surface area contributed by atoms with E-state index in [0.717, 1.165) is 17.0 Å². The molecule has 0 aliphatic heterocycles. The van der Waals surface area contributed by atoms with E-state index >= 15 is 0 Å². The normalized spacial score (nSPS) is 10.4. The van der Waals surface area contributed by atoms with Crippen LogP contribution in [0, 0.1) is 13.8 Å². The molecule has 0 atom stereocenters. The molecule has 0 saturated heterocycles. The molecule has 0 fully saturated rings. The van der Waals surface area contributed by atoms with Crippen LogP contribution in [-0.4, -0.2) is 26.3 Å². The standard InChI is InChI=1S/C13H13N3O2S/c1-8-9(2)15-16-13(14-8)19-7-10-3-5-11(6-4-10)12(17)18/h3-6H,7H2,1-2H3,(H,17,18). The predicted molar refractivity (Wildman–Crippen MR) is 72.3 cm³/mol. The van der Waals surface area contributed by atoms with Gasteiger partial charge in [0.1, 0.15) is 0 Å². The summed E-state index contributed by atoms with van der Waals surface area (Å²) in [4.78, 5) is 15.1. The molecule has 5 nitrogen and oxygen atoms in total. The van der Waals surface area contributed by atoms with E-state index < -0.39 is 5.97 Å². The Kier molecular flexibility index (Phi) is 4.11. The molecular formula is C13H13N3O2S. The average molecular weight is 275 g/mol. The van der Waals surface area contributed by atoms with E-state index in [-0.39, 0.29) is 5.56 Å². The Morgan fingerprint density at radius 3 is 2.42 bits per heavy atom. The number of hydrogen-bond acceptors (Lipinski definition) is 5. The maximum Gasteiger partial charge on any atom is 0.335 e. The van der Waals surface area contributed by atoms with E-state index in [1.807, 2.05) is 13.8 Å². The molecule has 0 bridgehead atoms. The van der Waals surface area contributed by atoms with Crippen LogP contribution in [0.1, 0.15) is 27.3 Å². The summed E-state index contributed by atoms with van der Waals surface area (Å²) < 4.78 is 0. The minimum Gasteiger partial charge on any atom is -0.478 e. The molecule has 2 rings (SSSR count). The molecule has 2 aromatic rings. The molecule has 1 aromatic heterocycles.